The van der Waals surface area contributed by atoms with E-state index in [2.05, 4.69) is 52.0 Å². The molecule has 0 bridgehead atoms. The predicted molar refractivity (Wildman–Crippen MR) is 122 cm³/mol. The second kappa shape index (κ2) is 8.92. The molecular formula is C25H29N5O2. The molecule has 1 unspecified atom stereocenters. The fourth-order valence-corrected chi connectivity index (χ4v) is 4.90. The molecule has 0 radical (unpaired) electrons. The Labute approximate surface area is 188 Å². The summed E-state index contributed by atoms with van der Waals surface area (Å²) in [5.41, 5.74) is 6.81. The van der Waals surface area contributed by atoms with E-state index in [1.807, 2.05) is 6.20 Å². The molecule has 32 heavy (non-hydrogen) atoms. The maximum Gasteiger partial charge on any atom is 0.277 e. The van der Waals surface area contributed by atoms with Crippen molar-refractivity contribution in [1.29, 1.82) is 0 Å². The lowest BCUT2D eigenvalue weighted by Gasteiger charge is -2.26. The normalized spacial score (nSPS) is 19.0. The van der Waals surface area contributed by atoms with Crippen molar-refractivity contribution in [3.63, 3.8) is 0 Å². The topological polar surface area (TPSA) is 73.1 Å². The second-order valence-electron chi connectivity index (χ2n) is 8.94. The van der Waals surface area contributed by atoms with E-state index in [1.54, 1.807) is 12.4 Å². The lowest BCUT2D eigenvalue weighted by molar-refractivity contribution is 0.0341. The summed E-state index contributed by atoms with van der Waals surface area (Å²) >= 11 is 0. The summed E-state index contributed by atoms with van der Waals surface area (Å²) in [6.07, 6.45) is 7.99. The van der Waals surface area contributed by atoms with Crippen molar-refractivity contribution in [3.05, 3.63) is 80.5 Å². The molecule has 0 N–H and O–H groups in total. The highest BCUT2D eigenvalue weighted by Gasteiger charge is 2.25. The first kappa shape index (κ1) is 21.0. The number of fused-ring (bicyclic) bond motifs is 1. The van der Waals surface area contributed by atoms with E-state index in [4.69, 9.17) is 4.74 Å². The van der Waals surface area contributed by atoms with E-state index in [1.165, 1.54) is 21.4 Å². The smallest absolute Gasteiger partial charge is 0.277 e. The predicted octanol–water partition coefficient (Wildman–Crippen LogP) is 2.74. The lowest BCUT2D eigenvalue weighted by atomic mass is 9.79. The Balaban J connectivity index is 1.35. The van der Waals surface area contributed by atoms with Crippen LogP contribution in [0.2, 0.25) is 0 Å². The van der Waals surface area contributed by atoms with Crippen molar-refractivity contribution in [2.75, 3.05) is 26.3 Å². The van der Waals surface area contributed by atoms with E-state index in [9.17, 15) is 4.79 Å². The van der Waals surface area contributed by atoms with Crippen molar-refractivity contribution >= 4 is 0 Å². The number of aromatic nitrogens is 4. The van der Waals surface area contributed by atoms with Crippen LogP contribution in [0.4, 0.5) is 0 Å². The van der Waals surface area contributed by atoms with Crippen molar-refractivity contribution < 1.29 is 4.74 Å². The van der Waals surface area contributed by atoms with Gasteiger partial charge in [0.1, 0.15) is 0 Å². The van der Waals surface area contributed by atoms with Gasteiger partial charge in [-0.3, -0.25) is 9.69 Å². The summed E-state index contributed by atoms with van der Waals surface area (Å²) in [7, 11) is 0. The second-order valence-corrected chi connectivity index (χ2v) is 8.94. The maximum absolute atomic E-state index is 13.2. The van der Waals surface area contributed by atoms with E-state index in [-0.39, 0.29) is 5.56 Å². The first-order valence-electron chi connectivity index (χ1n) is 11.4. The highest BCUT2D eigenvalue weighted by atomic mass is 16.5. The van der Waals surface area contributed by atoms with Gasteiger partial charge in [-0.25, -0.2) is 9.97 Å². The van der Waals surface area contributed by atoms with E-state index in [0.717, 1.165) is 68.8 Å². The van der Waals surface area contributed by atoms with Crippen LogP contribution < -0.4 is 5.56 Å². The van der Waals surface area contributed by atoms with Gasteiger partial charge in [0.25, 0.3) is 11.5 Å². The molecule has 2 aromatic heterocycles. The number of benzene rings is 1. The quantitative estimate of drug-likeness (QED) is 0.633. The highest BCUT2D eigenvalue weighted by Crippen LogP contribution is 2.33. The van der Waals surface area contributed by atoms with E-state index >= 15 is 0 Å². The molecule has 1 aromatic carbocycles. The molecule has 1 aliphatic heterocycles. The Morgan fingerprint density at radius 1 is 1.09 bits per heavy atom. The van der Waals surface area contributed by atoms with Crippen molar-refractivity contribution in [3.8, 4) is 5.95 Å². The van der Waals surface area contributed by atoms with Gasteiger partial charge in [0.2, 0.25) is 0 Å². The SMILES string of the molecule is Cc1ccc(C2CCc3c(cnn(-c4ncc(CN5CCOCC5)cn4)c3=O)C2)c(C)c1. The first-order valence-corrected chi connectivity index (χ1v) is 11.4. The fraction of sp³-hybridized carbons (Fsp3) is 0.440. The molecule has 0 amide bonds. The number of rotatable bonds is 4. The van der Waals surface area contributed by atoms with Gasteiger partial charge in [-0.15, -0.1) is 0 Å². The molecule has 0 spiro atoms. The van der Waals surface area contributed by atoms with Gasteiger partial charge >= 0.3 is 0 Å². The maximum atomic E-state index is 13.2. The number of morpholine rings is 1. The van der Waals surface area contributed by atoms with Gasteiger partial charge in [0.05, 0.1) is 19.4 Å². The number of hydrogen-bond donors (Lipinski definition) is 0. The monoisotopic (exact) mass is 431 g/mol. The average Bonchev–Trinajstić information content (AvgIpc) is 2.80. The van der Waals surface area contributed by atoms with Crippen molar-refractivity contribution in [1.82, 2.24) is 24.6 Å². The van der Waals surface area contributed by atoms with E-state index in [0.29, 0.717) is 11.9 Å². The zero-order valence-electron chi connectivity index (χ0n) is 18.8. The van der Waals surface area contributed by atoms with Crippen LogP contribution in [0.5, 0.6) is 0 Å². The average molecular weight is 432 g/mol. The van der Waals surface area contributed by atoms with Crippen LogP contribution >= 0.6 is 0 Å². The lowest BCUT2D eigenvalue weighted by Crippen LogP contribution is -2.35. The molecule has 1 fully saturated rings. The van der Waals surface area contributed by atoms with Crippen LogP contribution in [0.15, 0.2) is 41.6 Å². The van der Waals surface area contributed by atoms with Crippen LogP contribution in [0.1, 0.15) is 45.7 Å². The standard InChI is InChI=1S/C25H29N5O2/c1-17-3-5-22(18(2)11-17)20-4-6-23-21(12-20)15-28-30(24(23)31)25-26-13-19(14-27-25)16-29-7-9-32-10-8-29/h3,5,11,13-15,20H,4,6-10,12,16H2,1-2H3. The Morgan fingerprint density at radius 2 is 1.88 bits per heavy atom. The Morgan fingerprint density at radius 3 is 2.62 bits per heavy atom. The summed E-state index contributed by atoms with van der Waals surface area (Å²) < 4.78 is 6.74. The van der Waals surface area contributed by atoms with Gasteiger partial charge < -0.3 is 4.74 Å². The molecule has 5 rings (SSSR count). The number of hydrogen-bond acceptors (Lipinski definition) is 6. The number of nitrogens with zero attached hydrogens (tertiary/aromatic N) is 5. The third kappa shape index (κ3) is 4.23. The Kier molecular flexibility index (Phi) is 5.85. The van der Waals surface area contributed by atoms with Crippen molar-refractivity contribution in [2.24, 2.45) is 0 Å². The summed E-state index contributed by atoms with van der Waals surface area (Å²) in [6, 6.07) is 6.65. The van der Waals surface area contributed by atoms with E-state index < -0.39 is 0 Å². The van der Waals surface area contributed by atoms with Crippen LogP contribution in [-0.4, -0.2) is 51.0 Å². The third-order valence-corrected chi connectivity index (χ3v) is 6.63. The third-order valence-electron chi connectivity index (χ3n) is 6.63. The van der Waals surface area contributed by atoms with Gasteiger partial charge in [0.15, 0.2) is 0 Å². The zero-order chi connectivity index (χ0) is 22.1. The minimum absolute atomic E-state index is 0.0949. The van der Waals surface area contributed by atoms with Crippen LogP contribution in [0, 0.1) is 13.8 Å². The molecule has 1 aliphatic carbocycles. The summed E-state index contributed by atoms with van der Waals surface area (Å²) in [5.74, 6) is 0.760. The molecule has 7 nitrogen and oxygen atoms in total. The molecule has 3 heterocycles. The molecular weight excluding hydrogens is 402 g/mol. The summed E-state index contributed by atoms with van der Waals surface area (Å²) in [6.45, 7) is 8.43. The zero-order valence-corrected chi connectivity index (χ0v) is 18.8. The summed E-state index contributed by atoms with van der Waals surface area (Å²) in [5, 5.41) is 4.42. The molecule has 0 saturated carbocycles. The Bertz CT molecular complexity index is 1170. The molecule has 1 saturated heterocycles. The summed E-state index contributed by atoms with van der Waals surface area (Å²) in [4.78, 5) is 24.4. The Hall–Kier alpha value is -2.90. The van der Waals surface area contributed by atoms with Gasteiger partial charge in [-0.2, -0.15) is 9.78 Å². The van der Waals surface area contributed by atoms with Crippen LogP contribution in [0.25, 0.3) is 5.95 Å². The molecule has 7 heteroatoms. The number of ether oxygens (including phenoxy) is 1. The molecule has 3 aromatic rings. The van der Waals surface area contributed by atoms with Crippen LogP contribution in [0.3, 0.4) is 0 Å². The molecule has 2 aliphatic rings. The first-order chi connectivity index (χ1) is 15.6. The highest BCUT2D eigenvalue weighted by molar-refractivity contribution is 5.37. The number of aryl methyl sites for hydroxylation is 2. The van der Waals surface area contributed by atoms with Gasteiger partial charge in [0, 0.05) is 43.2 Å². The fourth-order valence-electron chi connectivity index (χ4n) is 4.90. The molecule has 166 valence electrons. The van der Waals surface area contributed by atoms with Gasteiger partial charge in [-0.05, 0) is 55.7 Å². The van der Waals surface area contributed by atoms with Gasteiger partial charge in [-0.1, -0.05) is 23.8 Å². The minimum atomic E-state index is -0.0949. The minimum Gasteiger partial charge on any atom is -0.379 e. The van der Waals surface area contributed by atoms with Crippen LogP contribution in [-0.2, 0) is 24.1 Å². The molecule has 1 atom stereocenters. The van der Waals surface area contributed by atoms with Crippen molar-refractivity contribution in [2.45, 2.75) is 45.6 Å². The largest absolute Gasteiger partial charge is 0.379 e.